The molecule has 0 saturated carbocycles. The molecular weight excluding hydrogens is 388 g/mol. The lowest BCUT2D eigenvalue weighted by Crippen LogP contribution is -2.24. The number of nitrogens with one attached hydrogen (secondary N) is 1. The van der Waals surface area contributed by atoms with E-state index in [0.717, 1.165) is 6.42 Å². The van der Waals surface area contributed by atoms with Gasteiger partial charge < -0.3 is 9.64 Å². The Hall–Kier alpha value is -2.25. The van der Waals surface area contributed by atoms with Crippen LogP contribution >= 0.6 is 11.6 Å². The predicted molar refractivity (Wildman–Crippen MR) is 106 cm³/mol. The summed E-state index contributed by atoms with van der Waals surface area (Å²) < 4.78 is 33.6. The van der Waals surface area contributed by atoms with E-state index < -0.39 is 10.0 Å². The highest BCUT2D eigenvalue weighted by atomic mass is 35.5. The van der Waals surface area contributed by atoms with Gasteiger partial charge in [-0.15, -0.1) is 0 Å². The maximum absolute atomic E-state index is 12.8. The Balaban J connectivity index is 1.93. The second-order valence-electron chi connectivity index (χ2n) is 6.51. The van der Waals surface area contributed by atoms with Crippen LogP contribution in [-0.2, 0) is 14.8 Å². The standard InChI is InChI=1S/C19H21ClN2O4S/c1-12-10-18(13(2)9-15(12)20)27(24,25)21-14-6-7-16(17(11-14)26-3)22-8-4-5-19(22)23/h6-7,9-11,21H,4-5,8H2,1-3H3. The number of rotatable bonds is 5. The van der Waals surface area contributed by atoms with Crippen molar-refractivity contribution in [3.8, 4) is 5.75 Å². The molecule has 1 N–H and O–H groups in total. The van der Waals surface area contributed by atoms with E-state index in [1.54, 1.807) is 49.1 Å². The molecule has 1 fully saturated rings. The molecule has 1 amide bonds. The maximum Gasteiger partial charge on any atom is 0.262 e. The molecule has 1 aliphatic heterocycles. The van der Waals surface area contributed by atoms with Gasteiger partial charge in [-0.05, 0) is 55.7 Å². The summed E-state index contributed by atoms with van der Waals surface area (Å²) in [6.07, 6.45) is 1.30. The molecule has 3 rings (SSSR count). The van der Waals surface area contributed by atoms with E-state index in [4.69, 9.17) is 16.3 Å². The fourth-order valence-corrected chi connectivity index (χ4v) is 4.70. The zero-order valence-electron chi connectivity index (χ0n) is 15.4. The number of methoxy groups -OCH3 is 1. The summed E-state index contributed by atoms with van der Waals surface area (Å²) in [7, 11) is -2.31. The van der Waals surface area contributed by atoms with Crippen molar-refractivity contribution in [3.05, 3.63) is 46.5 Å². The average molecular weight is 409 g/mol. The number of benzene rings is 2. The van der Waals surface area contributed by atoms with Crippen molar-refractivity contribution in [2.75, 3.05) is 23.3 Å². The van der Waals surface area contributed by atoms with Gasteiger partial charge in [-0.25, -0.2) is 8.42 Å². The highest BCUT2D eigenvalue weighted by Crippen LogP contribution is 2.35. The number of nitrogens with zero attached hydrogens (tertiary/aromatic N) is 1. The van der Waals surface area contributed by atoms with Crippen molar-refractivity contribution >= 4 is 38.9 Å². The molecule has 1 heterocycles. The van der Waals surface area contributed by atoms with E-state index in [2.05, 4.69) is 4.72 Å². The summed E-state index contributed by atoms with van der Waals surface area (Å²) in [6.45, 7) is 4.08. The third-order valence-electron chi connectivity index (χ3n) is 4.54. The molecule has 8 heteroatoms. The molecule has 1 saturated heterocycles. The fraction of sp³-hybridized carbons (Fsp3) is 0.316. The molecule has 0 unspecified atom stereocenters. The molecule has 0 spiro atoms. The average Bonchev–Trinajstić information content (AvgIpc) is 3.03. The molecule has 0 bridgehead atoms. The normalized spacial score (nSPS) is 14.5. The molecule has 2 aromatic rings. The minimum Gasteiger partial charge on any atom is -0.494 e. The van der Waals surface area contributed by atoms with Crippen LogP contribution in [0.5, 0.6) is 5.75 Å². The van der Waals surface area contributed by atoms with Crippen LogP contribution in [0, 0.1) is 13.8 Å². The van der Waals surface area contributed by atoms with E-state index in [1.807, 2.05) is 0 Å². The molecule has 0 atom stereocenters. The van der Waals surface area contributed by atoms with Gasteiger partial charge in [0, 0.05) is 24.1 Å². The fourth-order valence-electron chi connectivity index (χ4n) is 3.12. The Morgan fingerprint density at radius 1 is 1.15 bits per heavy atom. The van der Waals surface area contributed by atoms with E-state index in [-0.39, 0.29) is 10.8 Å². The first-order valence-corrected chi connectivity index (χ1v) is 10.4. The maximum atomic E-state index is 12.8. The molecule has 0 radical (unpaired) electrons. The van der Waals surface area contributed by atoms with E-state index in [0.29, 0.717) is 46.2 Å². The Bertz CT molecular complexity index is 1010. The minimum atomic E-state index is -3.80. The monoisotopic (exact) mass is 408 g/mol. The quantitative estimate of drug-likeness (QED) is 0.814. The highest BCUT2D eigenvalue weighted by Gasteiger charge is 2.25. The molecule has 1 aliphatic rings. The molecule has 2 aromatic carbocycles. The Kier molecular flexibility index (Phi) is 5.35. The SMILES string of the molecule is COc1cc(NS(=O)(=O)c2cc(C)c(Cl)cc2C)ccc1N1CCCC1=O. The van der Waals surface area contributed by atoms with Crippen molar-refractivity contribution in [2.45, 2.75) is 31.6 Å². The zero-order chi connectivity index (χ0) is 19.8. The Morgan fingerprint density at radius 3 is 2.52 bits per heavy atom. The summed E-state index contributed by atoms with van der Waals surface area (Å²) in [6, 6.07) is 8.08. The van der Waals surface area contributed by atoms with Gasteiger partial charge in [0.05, 0.1) is 23.4 Å². The lowest BCUT2D eigenvalue weighted by molar-refractivity contribution is -0.117. The number of sulfonamides is 1. The van der Waals surface area contributed by atoms with Crippen LogP contribution < -0.4 is 14.4 Å². The van der Waals surface area contributed by atoms with Crippen LogP contribution in [-0.4, -0.2) is 28.0 Å². The number of ether oxygens (including phenoxy) is 1. The van der Waals surface area contributed by atoms with Crippen LogP contribution in [0.3, 0.4) is 0 Å². The van der Waals surface area contributed by atoms with Gasteiger partial charge >= 0.3 is 0 Å². The lowest BCUT2D eigenvalue weighted by Gasteiger charge is -2.20. The van der Waals surface area contributed by atoms with E-state index >= 15 is 0 Å². The molecule has 0 aromatic heterocycles. The summed E-state index contributed by atoms with van der Waals surface area (Å²) in [5.41, 5.74) is 2.24. The molecule has 144 valence electrons. The van der Waals surface area contributed by atoms with Crippen molar-refractivity contribution in [1.29, 1.82) is 0 Å². The minimum absolute atomic E-state index is 0.0360. The number of halogens is 1. The third kappa shape index (κ3) is 3.89. The Morgan fingerprint density at radius 2 is 1.89 bits per heavy atom. The molecule has 27 heavy (non-hydrogen) atoms. The van der Waals surface area contributed by atoms with Gasteiger partial charge in [0.2, 0.25) is 5.91 Å². The number of amides is 1. The third-order valence-corrected chi connectivity index (χ3v) is 6.47. The number of aryl methyl sites for hydroxylation is 2. The van der Waals surface area contributed by atoms with Crippen molar-refractivity contribution in [1.82, 2.24) is 0 Å². The van der Waals surface area contributed by atoms with Gasteiger partial charge in [0.15, 0.2) is 0 Å². The van der Waals surface area contributed by atoms with Crippen LogP contribution in [0.1, 0.15) is 24.0 Å². The van der Waals surface area contributed by atoms with Crippen LogP contribution in [0.4, 0.5) is 11.4 Å². The van der Waals surface area contributed by atoms with Gasteiger partial charge in [-0.3, -0.25) is 9.52 Å². The number of anilines is 2. The summed E-state index contributed by atoms with van der Waals surface area (Å²) in [5.74, 6) is 0.475. The number of carbonyl (C=O) groups excluding carboxylic acids is 1. The number of hydrogen-bond acceptors (Lipinski definition) is 4. The van der Waals surface area contributed by atoms with Gasteiger partial charge in [0.1, 0.15) is 5.75 Å². The van der Waals surface area contributed by atoms with Crippen LogP contribution in [0.2, 0.25) is 5.02 Å². The van der Waals surface area contributed by atoms with Crippen molar-refractivity contribution < 1.29 is 17.9 Å². The van der Waals surface area contributed by atoms with Gasteiger partial charge in [0.25, 0.3) is 10.0 Å². The number of hydrogen-bond donors (Lipinski definition) is 1. The lowest BCUT2D eigenvalue weighted by atomic mass is 10.2. The first kappa shape index (κ1) is 19.5. The smallest absolute Gasteiger partial charge is 0.262 e. The van der Waals surface area contributed by atoms with Gasteiger partial charge in [-0.2, -0.15) is 0 Å². The van der Waals surface area contributed by atoms with Crippen molar-refractivity contribution in [3.63, 3.8) is 0 Å². The summed E-state index contributed by atoms with van der Waals surface area (Å²) in [4.78, 5) is 13.8. The first-order chi connectivity index (χ1) is 12.7. The van der Waals surface area contributed by atoms with Crippen molar-refractivity contribution in [2.24, 2.45) is 0 Å². The molecule has 6 nitrogen and oxygen atoms in total. The predicted octanol–water partition coefficient (Wildman–Crippen LogP) is 3.89. The summed E-state index contributed by atoms with van der Waals surface area (Å²) >= 11 is 6.06. The topological polar surface area (TPSA) is 75.7 Å². The Labute approximate surface area is 164 Å². The summed E-state index contributed by atoms with van der Waals surface area (Å²) in [5, 5.41) is 0.521. The molecule has 0 aliphatic carbocycles. The molecular formula is C19H21ClN2O4S. The first-order valence-electron chi connectivity index (χ1n) is 8.51. The second-order valence-corrected chi connectivity index (χ2v) is 8.57. The zero-order valence-corrected chi connectivity index (χ0v) is 16.9. The van der Waals surface area contributed by atoms with E-state index in [9.17, 15) is 13.2 Å². The highest BCUT2D eigenvalue weighted by molar-refractivity contribution is 7.92. The second kappa shape index (κ2) is 7.40. The van der Waals surface area contributed by atoms with E-state index in [1.165, 1.54) is 7.11 Å². The van der Waals surface area contributed by atoms with Crippen LogP contribution in [0.15, 0.2) is 35.2 Å². The largest absolute Gasteiger partial charge is 0.494 e. The van der Waals surface area contributed by atoms with Crippen LogP contribution in [0.25, 0.3) is 0 Å². The van der Waals surface area contributed by atoms with Gasteiger partial charge in [-0.1, -0.05) is 11.6 Å². The number of carbonyl (C=O) groups is 1.